The number of rotatable bonds is 8. The zero-order valence-corrected chi connectivity index (χ0v) is 23.4. The molecule has 9 heteroatoms. The first-order valence-corrected chi connectivity index (χ1v) is 14.6. The Bertz CT molecular complexity index is 1490. The number of hydrogen-bond donors (Lipinski definition) is 3. The molecule has 0 spiro atoms. The van der Waals surface area contributed by atoms with Crippen LogP contribution in [0.3, 0.4) is 0 Å². The Hall–Kier alpha value is -4.24. The third kappa shape index (κ3) is 6.41. The van der Waals surface area contributed by atoms with E-state index in [4.69, 9.17) is 10.2 Å². The molecule has 1 aliphatic carbocycles. The number of anilines is 2. The largest absolute Gasteiger partial charge is 0.421 e. The number of hydrogen-bond acceptors (Lipinski definition) is 8. The summed E-state index contributed by atoms with van der Waals surface area (Å²) in [7, 11) is 0. The molecule has 6 rings (SSSR count). The lowest BCUT2D eigenvalue weighted by Crippen LogP contribution is -2.54. The fourth-order valence-electron chi connectivity index (χ4n) is 6.11. The van der Waals surface area contributed by atoms with Gasteiger partial charge in [-0.25, -0.2) is 4.98 Å². The number of nitrogens with two attached hydrogens (primary N) is 1. The Labute approximate surface area is 240 Å². The first kappa shape index (κ1) is 27.0. The predicted octanol–water partition coefficient (Wildman–Crippen LogP) is 5.19. The van der Waals surface area contributed by atoms with Crippen molar-refractivity contribution in [2.75, 3.05) is 23.3 Å². The predicted molar refractivity (Wildman–Crippen MR) is 161 cm³/mol. The van der Waals surface area contributed by atoms with E-state index >= 15 is 0 Å². The summed E-state index contributed by atoms with van der Waals surface area (Å²) < 4.78 is 5.58. The molecule has 1 amide bonds. The number of nitrogens with one attached hydrogen (secondary N) is 2. The first-order valence-electron chi connectivity index (χ1n) is 14.6. The second-order valence-corrected chi connectivity index (χ2v) is 11.1. The molecule has 2 aromatic heterocycles. The number of pyridine rings is 1. The van der Waals surface area contributed by atoms with Crippen molar-refractivity contribution in [3.63, 3.8) is 0 Å². The number of benzene rings is 2. The number of aryl methyl sites for hydroxylation is 1. The number of nitrogens with zero attached hydrogens (tertiary/aromatic N) is 4. The Morgan fingerprint density at radius 2 is 1.73 bits per heavy atom. The number of piperidine rings is 1. The molecule has 1 aliphatic heterocycles. The third-order valence-electron chi connectivity index (χ3n) is 8.22. The van der Waals surface area contributed by atoms with Crippen LogP contribution in [0.2, 0.25) is 0 Å². The van der Waals surface area contributed by atoms with E-state index in [0.717, 1.165) is 54.9 Å². The zero-order valence-electron chi connectivity index (χ0n) is 23.4. The molecule has 2 aliphatic rings. The summed E-state index contributed by atoms with van der Waals surface area (Å²) in [4.78, 5) is 18.8. The van der Waals surface area contributed by atoms with Gasteiger partial charge in [-0.1, -0.05) is 25.0 Å². The zero-order chi connectivity index (χ0) is 28.2. The summed E-state index contributed by atoms with van der Waals surface area (Å²) in [5, 5.41) is 15.8. The van der Waals surface area contributed by atoms with Crippen LogP contribution in [0, 0.1) is 6.92 Å². The molecular formula is C32H37N7O2. The van der Waals surface area contributed by atoms with E-state index in [0.29, 0.717) is 35.5 Å². The van der Waals surface area contributed by atoms with Gasteiger partial charge in [0.15, 0.2) is 0 Å². The standard InChI is InChI=1S/C32H37N7O2/c1-21-37-38-32(41-21)22-11-13-27(14-12-22)39-17-5-8-26(20-39)35-28-9-2-3-10-29(28)36-30-19-24(15-16-34-30)23-6-4-7-25(18-23)31(33)40/h4,6-7,11-16,18-19,26,28-29,35H,2-3,5,8-10,17,20H2,1H3,(H2,33,40)(H,34,36). The van der Waals surface area contributed by atoms with Gasteiger partial charge in [0.25, 0.3) is 0 Å². The van der Waals surface area contributed by atoms with Gasteiger partial charge in [0.05, 0.1) is 0 Å². The van der Waals surface area contributed by atoms with Gasteiger partial charge in [0, 0.05) is 61.1 Å². The van der Waals surface area contributed by atoms with E-state index in [1.54, 1.807) is 13.0 Å². The number of primary amides is 1. The summed E-state index contributed by atoms with van der Waals surface area (Å²) >= 11 is 0. The highest BCUT2D eigenvalue weighted by molar-refractivity contribution is 5.94. The Balaban J connectivity index is 1.10. The molecule has 0 radical (unpaired) electrons. The van der Waals surface area contributed by atoms with Crippen LogP contribution in [0.4, 0.5) is 11.5 Å². The fraction of sp³-hybridized carbons (Fsp3) is 0.375. The van der Waals surface area contributed by atoms with Gasteiger partial charge in [-0.05, 0) is 85.3 Å². The van der Waals surface area contributed by atoms with Crippen LogP contribution in [-0.2, 0) is 0 Å². The highest BCUT2D eigenvalue weighted by atomic mass is 16.4. The molecule has 41 heavy (non-hydrogen) atoms. The minimum absolute atomic E-state index is 0.302. The molecule has 2 aromatic carbocycles. The van der Waals surface area contributed by atoms with Gasteiger partial charge in [0.1, 0.15) is 5.82 Å². The molecule has 3 atom stereocenters. The van der Waals surface area contributed by atoms with Gasteiger partial charge in [-0.15, -0.1) is 10.2 Å². The fourth-order valence-corrected chi connectivity index (χ4v) is 6.11. The smallest absolute Gasteiger partial charge is 0.248 e. The molecule has 4 aromatic rings. The van der Waals surface area contributed by atoms with Gasteiger partial charge in [0.2, 0.25) is 17.7 Å². The maximum absolute atomic E-state index is 11.7. The molecule has 212 valence electrons. The highest BCUT2D eigenvalue weighted by Gasteiger charge is 2.29. The molecule has 3 heterocycles. The second kappa shape index (κ2) is 12.1. The summed E-state index contributed by atoms with van der Waals surface area (Å²) in [6.07, 6.45) is 8.84. The van der Waals surface area contributed by atoms with Crippen LogP contribution in [0.5, 0.6) is 0 Å². The summed E-state index contributed by atoms with van der Waals surface area (Å²) in [5.74, 6) is 1.56. The van der Waals surface area contributed by atoms with Crippen molar-refractivity contribution in [3.05, 3.63) is 78.3 Å². The van der Waals surface area contributed by atoms with Crippen molar-refractivity contribution in [2.24, 2.45) is 5.73 Å². The van der Waals surface area contributed by atoms with E-state index in [2.05, 4.69) is 61.0 Å². The van der Waals surface area contributed by atoms with Crippen molar-refractivity contribution < 1.29 is 9.21 Å². The van der Waals surface area contributed by atoms with Crippen LogP contribution in [0.1, 0.15) is 54.8 Å². The highest BCUT2D eigenvalue weighted by Crippen LogP contribution is 2.28. The minimum atomic E-state index is -0.424. The SMILES string of the molecule is Cc1nnc(-c2ccc(N3CCCC(NC4CCCCC4Nc4cc(-c5cccc(C(N)=O)c5)ccn4)C3)cc2)o1. The van der Waals surface area contributed by atoms with Crippen LogP contribution in [0.25, 0.3) is 22.6 Å². The van der Waals surface area contributed by atoms with Gasteiger partial charge in [-0.2, -0.15) is 0 Å². The first-order chi connectivity index (χ1) is 20.0. The number of amides is 1. The second-order valence-electron chi connectivity index (χ2n) is 11.1. The van der Waals surface area contributed by atoms with Crippen LogP contribution in [-0.4, -0.2) is 52.3 Å². The van der Waals surface area contributed by atoms with Crippen molar-refractivity contribution in [1.29, 1.82) is 0 Å². The maximum atomic E-state index is 11.7. The molecule has 9 nitrogen and oxygen atoms in total. The van der Waals surface area contributed by atoms with Gasteiger partial charge < -0.3 is 25.7 Å². The lowest BCUT2D eigenvalue weighted by atomic mass is 9.89. The minimum Gasteiger partial charge on any atom is -0.421 e. The number of carbonyl (C=O) groups is 1. The van der Waals surface area contributed by atoms with Gasteiger partial charge >= 0.3 is 0 Å². The lowest BCUT2D eigenvalue weighted by molar-refractivity contribution is 0.100. The summed E-state index contributed by atoms with van der Waals surface area (Å²) in [6, 6.07) is 21.0. The van der Waals surface area contributed by atoms with E-state index in [1.165, 1.54) is 24.9 Å². The average molecular weight is 552 g/mol. The van der Waals surface area contributed by atoms with Crippen molar-refractivity contribution in [2.45, 2.75) is 63.6 Å². The lowest BCUT2D eigenvalue weighted by Gasteiger charge is -2.40. The Morgan fingerprint density at radius 3 is 2.51 bits per heavy atom. The van der Waals surface area contributed by atoms with E-state index in [-0.39, 0.29) is 0 Å². The maximum Gasteiger partial charge on any atom is 0.248 e. The third-order valence-corrected chi connectivity index (χ3v) is 8.22. The van der Waals surface area contributed by atoms with Crippen LogP contribution < -0.4 is 21.3 Å². The summed E-state index contributed by atoms with van der Waals surface area (Å²) in [5.41, 5.74) is 10.1. The van der Waals surface area contributed by atoms with Gasteiger partial charge in [-0.3, -0.25) is 4.79 Å². The average Bonchev–Trinajstić information content (AvgIpc) is 3.45. The molecule has 4 N–H and O–H groups in total. The van der Waals surface area contributed by atoms with Crippen LogP contribution >= 0.6 is 0 Å². The molecule has 0 bridgehead atoms. The molecule has 1 saturated carbocycles. The number of carbonyl (C=O) groups excluding carboxylic acids is 1. The van der Waals surface area contributed by atoms with Crippen molar-refractivity contribution >= 4 is 17.4 Å². The van der Waals surface area contributed by atoms with E-state index < -0.39 is 5.91 Å². The topological polar surface area (TPSA) is 122 Å². The normalized spacial score (nSPS) is 21.0. The van der Waals surface area contributed by atoms with Crippen molar-refractivity contribution in [3.8, 4) is 22.6 Å². The van der Waals surface area contributed by atoms with E-state index in [1.807, 2.05) is 30.5 Å². The Kier molecular flexibility index (Phi) is 7.95. The summed E-state index contributed by atoms with van der Waals surface area (Å²) in [6.45, 7) is 3.84. The van der Waals surface area contributed by atoms with E-state index in [9.17, 15) is 4.79 Å². The van der Waals surface area contributed by atoms with Crippen molar-refractivity contribution in [1.82, 2.24) is 20.5 Å². The quantitative estimate of drug-likeness (QED) is 0.274. The van der Waals surface area contributed by atoms with Crippen LogP contribution in [0.15, 0.2) is 71.3 Å². The Morgan fingerprint density at radius 1 is 0.927 bits per heavy atom. The number of aromatic nitrogens is 3. The monoisotopic (exact) mass is 551 g/mol. The molecular weight excluding hydrogens is 514 g/mol. The molecule has 2 fully saturated rings. The molecule has 3 unspecified atom stereocenters. The molecule has 1 saturated heterocycles.